The van der Waals surface area contributed by atoms with Gasteiger partial charge in [-0.15, -0.1) is 0 Å². The van der Waals surface area contributed by atoms with E-state index in [2.05, 4.69) is 5.10 Å². The Morgan fingerprint density at radius 3 is 2.88 bits per heavy atom. The maximum absolute atomic E-state index is 11.0. The van der Waals surface area contributed by atoms with Gasteiger partial charge >= 0.3 is 5.97 Å². The van der Waals surface area contributed by atoms with Gasteiger partial charge in [0.2, 0.25) is 0 Å². The number of aromatic nitrogens is 2. The SMILES string of the molecule is CC(C(=O)O)c1cccc2c(Cl)n(C)nc12. The number of carboxylic acids is 1. The Labute approximate surface area is 97.4 Å². The summed E-state index contributed by atoms with van der Waals surface area (Å²) in [5, 5.41) is 14.6. The summed E-state index contributed by atoms with van der Waals surface area (Å²) < 4.78 is 1.55. The van der Waals surface area contributed by atoms with Crippen molar-refractivity contribution in [2.45, 2.75) is 12.8 Å². The highest BCUT2D eigenvalue weighted by atomic mass is 35.5. The standard InChI is InChI=1S/C11H11ClN2O2/c1-6(11(15)16)7-4-3-5-8-9(7)13-14(2)10(8)12/h3-6H,1-2H3,(H,15,16). The molecule has 5 heteroatoms. The summed E-state index contributed by atoms with van der Waals surface area (Å²) in [6, 6.07) is 5.40. The van der Waals surface area contributed by atoms with E-state index in [1.54, 1.807) is 30.8 Å². The van der Waals surface area contributed by atoms with Gasteiger partial charge in [-0.3, -0.25) is 9.48 Å². The fourth-order valence-corrected chi connectivity index (χ4v) is 1.88. The molecule has 84 valence electrons. The van der Waals surface area contributed by atoms with Crippen LogP contribution in [0.2, 0.25) is 5.15 Å². The molecule has 16 heavy (non-hydrogen) atoms. The molecule has 0 fully saturated rings. The average Bonchev–Trinajstić information content (AvgIpc) is 2.54. The van der Waals surface area contributed by atoms with Crippen LogP contribution >= 0.6 is 11.6 Å². The quantitative estimate of drug-likeness (QED) is 0.874. The zero-order valence-electron chi connectivity index (χ0n) is 8.94. The van der Waals surface area contributed by atoms with Crippen molar-refractivity contribution in [2.75, 3.05) is 0 Å². The second-order valence-electron chi connectivity index (χ2n) is 3.72. The van der Waals surface area contributed by atoms with Crippen molar-refractivity contribution < 1.29 is 9.90 Å². The summed E-state index contributed by atoms with van der Waals surface area (Å²) >= 11 is 6.05. The lowest BCUT2D eigenvalue weighted by Crippen LogP contribution is -2.07. The molecular formula is C11H11ClN2O2. The summed E-state index contributed by atoms with van der Waals surface area (Å²) in [6.45, 7) is 1.64. The number of hydrogen-bond acceptors (Lipinski definition) is 2. The monoisotopic (exact) mass is 238 g/mol. The van der Waals surface area contributed by atoms with Gasteiger partial charge in [-0.25, -0.2) is 0 Å². The summed E-state index contributed by atoms with van der Waals surface area (Å²) in [5.74, 6) is -1.45. The summed E-state index contributed by atoms with van der Waals surface area (Å²) in [5.41, 5.74) is 1.34. The Morgan fingerprint density at radius 2 is 2.25 bits per heavy atom. The average molecular weight is 239 g/mol. The molecule has 0 aliphatic heterocycles. The third-order valence-electron chi connectivity index (χ3n) is 2.66. The maximum Gasteiger partial charge on any atom is 0.310 e. The van der Waals surface area contributed by atoms with E-state index in [4.69, 9.17) is 16.7 Å². The molecule has 1 aromatic heterocycles. The Balaban J connectivity index is 2.71. The predicted octanol–water partition coefficient (Wildman–Crippen LogP) is 2.41. The van der Waals surface area contributed by atoms with Gasteiger partial charge in [-0.2, -0.15) is 5.10 Å². The Bertz CT molecular complexity index is 562. The van der Waals surface area contributed by atoms with Crippen LogP contribution in [0, 0.1) is 0 Å². The van der Waals surface area contributed by atoms with Crippen molar-refractivity contribution in [2.24, 2.45) is 7.05 Å². The number of aryl methyl sites for hydroxylation is 1. The molecule has 2 aromatic rings. The maximum atomic E-state index is 11.0. The van der Waals surface area contributed by atoms with Gasteiger partial charge in [-0.05, 0) is 18.6 Å². The largest absolute Gasteiger partial charge is 0.481 e. The molecule has 0 aliphatic rings. The van der Waals surface area contributed by atoms with Crippen molar-refractivity contribution in [1.29, 1.82) is 0 Å². The first-order chi connectivity index (χ1) is 7.52. The molecule has 0 radical (unpaired) electrons. The molecule has 0 saturated carbocycles. The Hall–Kier alpha value is -1.55. The van der Waals surface area contributed by atoms with Crippen LogP contribution < -0.4 is 0 Å². The molecule has 4 nitrogen and oxygen atoms in total. The number of carbonyl (C=O) groups is 1. The molecule has 0 spiro atoms. The predicted molar refractivity (Wildman–Crippen MR) is 61.8 cm³/mol. The van der Waals surface area contributed by atoms with Crippen LogP contribution in [-0.2, 0) is 11.8 Å². The summed E-state index contributed by atoms with van der Waals surface area (Å²) in [4.78, 5) is 11.0. The topological polar surface area (TPSA) is 55.1 Å². The third kappa shape index (κ3) is 1.55. The molecule has 0 saturated heterocycles. The first-order valence-electron chi connectivity index (χ1n) is 4.86. The van der Waals surface area contributed by atoms with Gasteiger partial charge in [0.1, 0.15) is 5.15 Å². The Kier molecular flexibility index (Phi) is 2.59. The van der Waals surface area contributed by atoms with Gasteiger partial charge < -0.3 is 5.11 Å². The highest BCUT2D eigenvalue weighted by molar-refractivity contribution is 6.34. The van der Waals surface area contributed by atoms with Gasteiger partial charge in [0.25, 0.3) is 0 Å². The molecule has 2 rings (SSSR count). The minimum atomic E-state index is -0.866. The van der Waals surface area contributed by atoms with Crippen molar-refractivity contribution >= 4 is 28.5 Å². The number of aliphatic carboxylic acids is 1. The van der Waals surface area contributed by atoms with Crippen LogP contribution in [0.4, 0.5) is 0 Å². The first-order valence-corrected chi connectivity index (χ1v) is 5.24. The lowest BCUT2D eigenvalue weighted by atomic mass is 9.99. The molecular weight excluding hydrogens is 228 g/mol. The van der Waals surface area contributed by atoms with Crippen LogP contribution in [0.1, 0.15) is 18.4 Å². The van der Waals surface area contributed by atoms with Gasteiger partial charge in [0.05, 0.1) is 11.4 Å². The van der Waals surface area contributed by atoms with E-state index in [1.807, 2.05) is 6.07 Å². The number of halogens is 1. The first kappa shape index (κ1) is 11.0. The molecule has 1 heterocycles. The number of carboxylic acid groups (broad SMARTS) is 1. The van der Waals surface area contributed by atoms with E-state index in [9.17, 15) is 4.79 Å². The van der Waals surface area contributed by atoms with E-state index in [1.165, 1.54) is 0 Å². The minimum absolute atomic E-state index is 0.523. The van der Waals surface area contributed by atoms with Crippen molar-refractivity contribution in [3.05, 3.63) is 28.9 Å². The van der Waals surface area contributed by atoms with Gasteiger partial charge in [0, 0.05) is 12.4 Å². The third-order valence-corrected chi connectivity index (χ3v) is 3.11. The molecule has 1 atom stereocenters. The summed E-state index contributed by atoms with van der Waals surface area (Å²) in [7, 11) is 1.73. The van der Waals surface area contributed by atoms with Crippen LogP contribution in [-0.4, -0.2) is 20.9 Å². The van der Waals surface area contributed by atoms with E-state index >= 15 is 0 Å². The fourth-order valence-electron chi connectivity index (χ4n) is 1.69. The highest BCUT2D eigenvalue weighted by Gasteiger charge is 2.19. The second kappa shape index (κ2) is 3.79. The number of fused-ring (bicyclic) bond motifs is 1. The zero-order valence-corrected chi connectivity index (χ0v) is 9.69. The number of benzene rings is 1. The number of hydrogen-bond donors (Lipinski definition) is 1. The van der Waals surface area contributed by atoms with Crippen LogP contribution in [0.3, 0.4) is 0 Å². The van der Waals surface area contributed by atoms with E-state index in [0.29, 0.717) is 16.2 Å². The van der Waals surface area contributed by atoms with Crippen LogP contribution in [0.5, 0.6) is 0 Å². The van der Waals surface area contributed by atoms with Gasteiger partial charge in [0.15, 0.2) is 0 Å². The minimum Gasteiger partial charge on any atom is -0.481 e. The Morgan fingerprint density at radius 1 is 1.56 bits per heavy atom. The lowest BCUT2D eigenvalue weighted by Gasteiger charge is -2.06. The zero-order chi connectivity index (χ0) is 11.9. The van der Waals surface area contributed by atoms with Crippen molar-refractivity contribution in [3.8, 4) is 0 Å². The normalized spacial score (nSPS) is 12.9. The lowest BCUT2D eigenvalue weighted by molar-refractivity contribution is -0.138. The van der Waals surface area contributed by atoms with Crippen LogP contribution in [0.15, 0.2) is 18.2 Å². The molecule has 0 amide bonds. The molecule has 1 aromatic carbocycles. The van der Waals surface area contributed by atoms with Crippen LogP contribution in [0.25, 0.3) is 10.9 Å². The second-order valence-corrected chi connectivity index (χ2v) is 4.08. The van der Waals surface area contributed by atoms with Gasteiger partial charge in [-0.1, -0.05) is 23.7 Å². The van der Waals surface area contributed by atoms with E-state index in [0.717, 1.165) is 5.39 Å². The number of rotatable bonds is 2. The van der Waals surface area contributed by atoms with Crippen molar-refractivity contribution in [1.82, 2.24) is 9.78 Å². The highest BCUT2D eigenvalue weighted by Crippen LogP contribution is 2.29. The fraction of sp³-hybridized carbons (Fsp3) is 0.273. The molecule has 0 bridgehead atoms. The van der Waals surface area contributed by atoms with Crippen molar-refractivity contribution in [3.63, 3.8) is 0 Å². The number of nitrogens with zero attached hydrogens (tertiary/aromatic N) is 2. The molecule has 1 unspecified atom stereocenters. The molecule has 1 N–H and O–H groups in total. The smallest absolute Gasteiger partial charge is 0.310 e. The molecule has 0 aliphatic carbocycles. The van der Waals surface area contributed by atoms with E-state index in [-0.39, 0.29) is 0 Å². The van der Waals surface area contributed by atoms with E-state index < -0.39 is 11.9 Å². The summed E-state index contributed by atoms with van der Waals surface area (Å²) in [6.07, 6.45) is 0.